The number of aromatic carboxylic acids is 1. The van der Waals surface area contributed by atoms with Gasteiger partial charge in [-0.05, 0) is 49.9 Å². The van der Waals surface area contributed by atoms with E-state index in [-0.39, 0.29) is 0 Å². The molecule has 19 heavy (non-hydrogen) atoms. The van der Waals surface area contributed by atoms with Gasteiger partial charge >= 0.3 is 5.97 Å². The number of carbonyl (C=O) groups is 1. The van der Waals surface area contributed by atoms with Crippen molar-refractivity contribution in [3.8, 4) is 0 Å². The molecule has 0 unspecified atom stereocenters. The van der Waals surface area contributed by atoms with Crippen molar-refractivity contribution in [1.82, 2.24) is 4.57 Å². The van der Waals surface area contributed by atoms with Gasteiger partial charge in [0, 0.05) is 23.1 Å². The topological polar surface area (TPSA) is 42.2 Å². The Morgan fingerprint density at radius 1 is 1.21 bits per heavy atom. The van der Waals surface area contributed by atoms with E-state index in [1.54, 1.807) is 6.07 Å². The number of hydrogen-bond donors (Lipinski definition) is 1. The van der Waals surface area contributed by atoms with E-state index < -0.39 is 5.97 Å². The molecule has 0 bridgehead atoms. The Kier molecular flexibility index (Phi) is 3.40. The molecule has 1 heterocycles. The molecule has 0 amide bonds. The zero-order valence-corrected chi connectivity index (χ0v) is 12.2. The number of carboxylic acids is 1. The van der Waals surface area contributed by atoms with Crippen LogP contribution < -0.4 is 0 Å². The lowest BCUT2D eigenvalue weighted by Gasteiger charge is -2.10. The molecule has 1 aromatic heterocycles. The van der Waals surface area contributed by atoms with Crippen LogP contribution in [0.25, 0.3) is 10.9 Å². The van der Waals surface area contributed by atoms with Crippen LogP contribution in [0.15, 0.2) is 18.3 Å². The summed E-state index contributed by atoms with van der Waals surface area (Å²) in [6, 6.07) is 4.13. The second-order valence-corrected chi connectivity index (χ2v) is 5.73. The minimum absolute atomic E-state index is 0.319. The zero-order chi connectivity index (χ0) is 14.3. The second kappa shape index (κ2) is 4.72. The molecule has 102 valence electrons. The van der Waals surface area contributed by atoms with Crippen LogP contribution in [0.1, 0.15) is 61.1 Å². The molecule has 0 aliphatic carbocycles. The van der Waals surface area contributed by atoms with E-state index in [2.05, 4.69) is 38.5 Å². The molecular weight excluding hydrogens is 238 g/mol. The third-order valence-corrected chi connectivity index (χ3v) is 3.62. The Balaban J connectivity index is 2.83. The third kappa shape index (κ3) is 2.25. The van der Waals surface area contributed by atoms with Gasteiger partial charge in [0.15, 0.2) is 0 Å². The maximum Gasteiger partial charge on any atom is 0.336 e. The first-order valence-corrected chi connectivity index (χ1v) is 6.71. The Hall–Kier alpha value is -1.77. The SMILES string of the molecule is Cc1cc2c(C(C)C)cn(C(C)C)c2cc1C(=O)O. The van der Waals surface area contributed by atoms with Crippen LogP contribution in [0.4, 0.5) is 0 Å². The molecular formula is C16H21NO2. The molecule has 0 saturated heterocycles. The van der Waals surface area contributed by atoms with Crippen LogP contribution in [0.2, 0.25) is 0 Å². The van der Waals surface area contributed by atoms with Gasteiger partial charge in [-0.2, -0.15) is 0 Å². The predicted octanol–water partition coefficient (Wildman–Crippen LogP) is 4.35. The standard InChI is InChI=1S/C16H21NO2/c1-9(2)14-8-17(10(3)4)15-7-12(16(18)19)11(5)6-13(14)15/h6-10H,1-5H3,(H,18,19). The molecule has 0 radical (unpaired) electrons. The van der Waals surface area contributed by atoms with Gasteiger partial charge in [0.2, 0.25) is 0 Å². The van der Waals surface area contributed by atoms with Crippen LogP contribution in [0.3, 0.4) is 0 Å². The summed E-state index contributed by atoms with van der Waals surface area (Å²) in [4.78, 5) is 11.3. The van der Waals surface area contributed by atoms with Gasteiger partial charge in [0.25, 0.3) is 0 Å². The van der Waals surface area contributed by atoms with E-state index in [1.807, 2.05) is 13.0 Å². The Morgan fingerprint density at radius 3 is 2.32 bits per heavy atom. The Morgan fingerprint density at radius 2 is 1.84 bits per heavy atom. The lowest BCUT2D eigenvalue weighted by molar-refractivity contribution is 0.0696. The van der Waals surface area contributed by atoms with Crippen LogP contribution in [-0.4, -0.2) is 15.6 Å². The Labute approximate surface area is 113 Å². The summed E-state index contributed by atoms with van der Waals surface area (Å²) in [5.74, 6) is -0.431. The number of rotatable bonds is 3. The zero-order valence-electron chi connectivity index (χ0n) is 12.2. The average Bonchev–Trinajstić information content (AvgIpc) is 2.66. The molecule has 0 atom stereocenters. The van der Waals surface area contributed by atoms with Crippen molar-refractivity contribution >= 4 is 16.9 Å². The minimum Gasteiger partial charge on any atom is -0.478 e. The van der Waals surface area contributed by atoms with E-state index >= 15 is 0 Å². The number of aryl methyl sites for hydroxylation is 1. The van der Waals surface area contributed by atoms with Gasteiger partial charge in [-0.15, -0.1) is 0 Å². The molecule has 0 saturated carbocycles. The fraction of sp³-hybridized carbons (Fsp3) is 0.438. The Bertz CT molecular complexity index is 636. The van der Waals surface area contributed by atoms with E-state index in [0.29, 0.717) is 17.5 Å². The van der Waals surface area contributed by atoms with Gasteiger partial charge in [-0.25, -0.2) is 4.79 Å². The summed E-state index contributed by atoms with van der Waals surface area (Å²) in [5.41, 5.74) is 3.51. The molecule has 0 aliphatic rings. The summed E-state index contributed by atoms with van der Waals surface area (Å²) in [6.45, 7) is 10.4. The molecule has 1 N–H and O–H groups in total. The fourth-order valence-electron chi connectivity index (χ4n) is 2.55. The lowest BCUT2D eigenvalue weighted by Crippen LogP contribution is -2.02. The van der Waals surface area contributed by atoms with E-state index in [1.165, 1.54) is 10.9 Å². The first kappa shape index (κ1) is 13.7. The number of fused-ring (bicyclic) bond motifs is 1. The van der Waals surface area contributed by atoms with Gasteiger partial charge in [0.1, 0.15) is 0 Å². The van der Waals surface area contributed by atoms with Crippen molar-refractivity contribution < 1.29 is 9.90 Å². The highest BCUT2D eigenvalue weighted by Gasteiger charge is 2.17. The monoisotopic (exact) mass is 259 g/mol. The van der Waals surface area contributed by atoms with E-state index in [0.717, 1.165) is 11.1 Å². The highest BCUT2D eigenvalue weighted by Crippen LogP contribution is 2.31. The van der Waals surface area contributed by atoms with Crippen LogP contribution in [-0.2, 0) is 0 Å². The summed E-state index contributed by atoms with van der Waals surface area (Å²) in [5, 5.41) is 10.4. The van der Waals surface area contributed by atoms with Crippen molar-refractivity contribution in [3.63, 3.8) is 0 Å². The van der Waals surface area contributed by atoms with E-state index in [4.69, 9.17) is 0 Å². The quantitative estimate of drug-likeness (QED) is 0.890. The predicted molar refractivity (Wildman–Crippen MR) is 78.1 cm³/mol. The minimum atomic E-state index is -0.859. The van der Waals surface area contributed by atoms with Crippen molar-refractivity contribution in [1.29, 1.82) is 0 Å². The summed E-state index contributed by atoms with van der Waals surface area (Å²) >= 11 is 0. The second-order valence-electron chi connectivity index (χ2n) is 5.73. The van der Waals surface area contributed by atoms with E-state index in [9.17, 15) is 9.90 Å². The molecule has 2 rings (SSSR count). The molecule has 0 aliphatic heterocycles. The molecule has 2 aromatic rings. The van der Waals surface area contributed by atoms with Crippen LogP contribution in [0, 0.1) is 6.92 Å². The van der Waals surface area contributed by atoms with Gasteiger partial charge in [-0.3, -0.25) is 0 Å². The highest BCUT2D eigenvalue weighted by molar-refractivity contribution is 5.96. The maximum atomic E-state index is 11.3. The van der Waals surface area contributed by atoms with Crippen molar-refractivity contribution in [2.45, 2.75) is 46.6 Å². The van der Waals surface area contributed by atoms with Crippen LogP contribution >= 0.6 is 0 Å². The number of benzene rings is 1. The van der Waals surface area contributed by atoms with Crippen molar-refractivity contribution in [2.24, 2.45) is 0 Å². The molecule has 3 nitrogen and oxygen atoms in total. The molecule has 0 spiro atoms. The van der Waals surface area contributed by atoms with Gasteiger partial charge in [-0.1, -0.05) is 13.8 Å². The van der Waals surface area contributed by atoms with Crippen LogP contribution in [0.5, 0.6) is 0 Å². The smallest absolute Gasteiger partial charge is 0.336 e. The number of hydrogen-bond acceptors (Lipinski definition) is 1. The van der Waals surface area contributed by atoms with Gasteiger partial charge in [0.05, 0.1) is 5.56 Å². The largest absolute Gasteiger partial charge is 0.478 e. The first-order valence-electron chi connectivity index (χ1n) is 6.71. The average molecular weight is 259 g/mol. The highest BCUT2D eigenvalue weighted by atomic mass is 16.4. The fourth-order valence-corrected chi connectivity index (χ4v) is 2.55. The number of carboxylic acid groups (broad SMARTS) is 1. The molecule has 0 fully saturated rings. The summed E-state index contributed by atoms with van der Waals surface area (Å²) in [7, 11) is 0. The summed E-state index contributed by atoms with van der Waals surface area (Å²) in [6.07, 6.45) is 2.16. The number of nitrogens with zero attached hydrogens (tertiary/aromatic N) is 1. The molecule has 1 aromatic carbocycles. The normalized spacial score (nSPS) is 11.7. The first-order chi connectivity index (χ1) is 8.82. The third-order valence-electron chi connectivity index (χ3n) is 3.62. The maximum absolute atomic E-state index is 11.3. The van der Waals surface area contributed by atoms with Crippen molar-refractivity contribution in [2.75, 3.05) is 0 Å². The van der Waals surface area contributed by atoms with Crippen molar-refractivity contribution in [3.05, 3.63) is 35.0 Å². The number of aromatic nitrogens is 1. The summed E-state index contributed by atoms with van der Waals surface area (Å²) < 4.78 is 2.16. The van der Waals surface area contributed by atoms with Gasteiger partial charge < -0.3 is 9.67 Å². The lowest BCUT2D eigenvalue weighted by atomic mass is 9.99. The molecule has 3 heteroatoms.